The zero-order valence-corrected chi connectivity index (χ0v) is 29.0. The standard InChI is InChI=1S/C40H71NO2/c1-5-7-9-11-13-15-17-19-21-23-25-27-29-31-33-35-37-43-40(38-41(3)4)39-42-36-34-32-30-28-26-24-22-20-18-16-14-12-10-8-6-2/h12-15,18-21,24-27,40H,5-11,16-17,22-23,28-39H2,1-4H3/b14-12-,15-13-,20-18-,21-19-,26-24-,27-25-. The number of ether oxygens (including phenoxy) is 2. The molecule has 0 fully saturated rings. The van der Waals surface area contributed by atoms with Crippen LogP contribution >= 0.6 is 0 Å². The summed E-state index contributed by atoms with van der Waals surface area (Å²) in [6, 6.07) is 0. The molecule has 0 spiro atoms. The summed E-state index contributed by atoms with van der Waals surface area (Å²) in [7, 11) is 4.22. The molecule has 0 aromatic heterocycles. The van der Waals surface area contributed by atoms with E-state index in [9.17, 15) is 0 Å². The van der Waals surface area contributed by atoms with Gasteiger partial charge in [-0.2, -0.15) is 0 Å². The Hall–Kier alpha value is -1.68. The maximum absolute atomic E-state index is 6.18. The Labute approximate surface area is 269 Å². The molecule has 0 aliphatic carbocycles. The van der Waals surface area contributed by atoms with Crippen molar-refractivity contribution < 1.29 is 9.47 Å². The molecule has 43 heavy (non-hydrogen) atoms. The summed E-state index contributed by atoms with van der Waals surface area (Å²) in [5, 5.41) is 0. The summed E-state index contributed by atoms with van der Waals surface area (Å²) in [5.41, 5.74) is 0. The van der Waals surface area contributed by atoms with E-state index >= 15 is 0 Å². The number of unbranched alkanes of at least 4 members (excludes halogenated alkanes) is 11. The van der Waals surface area contributed by atoms with Crippen molar-refractivity contribution in [3.05, 3.63) is 72.9 Å². The molecule has 0 amide bonds. The van der Waals surface area contributed by atoms with E-state index in [0.717, 1.165) is 58.3 Å². The number of hydrogen-bond acceptors (Lipinski definition) is 3. The van der Waals surface area contributed by atoms with Gasteiger partial charge in [0.25, 0.3) is 0 Å². The predicted octanol–water partition coefficient (Wildman–Crippen LogP) is 11.7. The summed E-state index contributed by atoms with van der Waals surface area (Å²) in [6.45, 7) is 7.78. The van der Waals surface area contributed by atoms with Crippen molar-refractivity contribution in [3.8, 4) is 0 Å². The van der Waals surface area contributed by atoms with Gasteiger partial charge < -0.3 is 14.4 Å². The third kappa shape index (κ3) is 36.4. The highest BCUT2D eigenvalue weighted by molar-refractivity contribution is 4.98. The van der Waals surface area contributed by atoms with Crippen LogP contribution < -0.4 is 0 Å². The molecule has 248 valence electrons. The quantitative estimate of drug-likeness (QED) is 0.0568. The Morgan fingerprint density at radius 2 is 0.884 bits per heavy atom. The minimum Gasteiger partial charge on any atom is -0.379 e. The zero-order valence-electron chi connectivity index (χ0n) is 29.0. The normalized spacial score (nSPS) is 13.6. The average molecular weight is 598 g/mol. The van der Waals surface area contributed by atoms with Crippen LogP contribution in [-0.4, -0.2) is 51.5 Å². The lowest BCUT2D eigenvalue weighted by molar-refractivity contribution is -0.0287. The summed E-state index contributed by atoms with van der Waals surface area (Å²) in [6.07, 6.45) is 50.5. The largest absolute Gasteiger partial charge is 0.379 e. The number of hydrogen-bond donors (Lipinski definition) is 0. The van der Waals surface area contributed by atoms with Crippen LogP contribution in [0, 0.1) is 0 Å². The summed E-state index contributed by atoms with van der Waals surface area (Å²) < 4.78 is 12.2. The summed E-state index contributed by atoms with van der Waals surface area (Å²) in [4.78, 5) is 2.20. The van der Waals surface area contributed by atoms with Gasteiger partial charge in [0.1, 0.15) is 0 Å². The third-order valence-electron chi connectivity index (χ3n) is 7.19. The maximum atomic E-state index is 6.18. The van der Waals surface area contributed by atoms with E-state index in [1.807, 2.05) is 0 Å². The van der Waals surface area contributed by atoms with Crippen molar-refractivity contribution in [3.63, 3.8) is 0 Å². The highest BCUT2D eigenvalue weighted by atomic mass is 16.5. The molecule has 0 aromatic carbocycles. The molecule has 0 radical (unpaired) electrons. The van der Waals surface area contributed by atoms with Gasteiger partial charge in [-0.25, -0.2) is 0 Å². The molecule has 3 heteroatoms. The molecule has 0 N–H and O–H groups in total. The van der Waals surface area contributed by atoms with Crippen LogP contribution in [0.2, 0.25) is 0 Å². The lowest BCUT2D eigenvalue weighted by Gasteiger charge is -2.21. The van der Waals surface area contributed by atoms with Gasteiger partial charge in [-0.1, -0.05) is 125 Å². The van der Waals surface area contributed by atoms with Crippen LogP contribution in [0.4, 0.5) is 0 Å². The predicted molar refractivity (Wildman–Crippen MR) is 193 cm³/mol. The van der Waals surface area contributed by atoms with Crippen LogP contribution in [0.1, 0.15) is 136 Å². The number of nitrogens with zero attached hydrogens (tertiary/aromatic N) is 1. The minimum atomic E-state index is 0.163. The molecule has 0 saturated carbocycles. The zero-order chi connectivity index (χ0) is 31.3. The second-order valence-electron chi connectivity index (χ2n) is 11.9. The van der Waals surface area contributed by atoms with Crippen molar-refractivity contribution >= 4 is 0 Å². The van der Waals surface area contributed by atoms with E-state index in [4.69, 9.17) is 9.47 Å². The first-order valence-corrected chi connectivity index (χ1v) is 17.9. The van der Waals surface area contributed by atoms with Gasteiger partial charge in [-0.3, -0.25) is 0 Å². The number of likely N-dealkylation sites (N-methyl/N-ethyl adjacent to an activating group) is 1. The van der Waals surface area contributed by atoms with E-state index in [1.165, 1.54) is 83.5 Å². The molecule has 0 saturated heterocycles. The third-order valence-corrected chi connectivity index (χ3v) is 7.19. The first-order valence-electron chi connectivity index (χ1n) is 17.9. The minimum absolute atomic E-state index is 0.163. The molecule has 0 aliphatic heterocycles. The Balaban J connectivity index is 3.70. The van der Waals surface area contributed by atoms with E-state index in [0.29, 0.717) is 6.61 Å². The average Bonchev–Trinajstić information content (AvgIpc) is 2.99. The molecule has 1 unspecified atom stereocenters. The summed E-state index contributed by atoms with van der Waals surface area (Å²) >= 11 is 0. The topological polar surface area (TPSA) is 21.7 Å². The van der Waals surface area contributed by atoms with Gasteiger partial charge in [0.05, 0.1) is 12.7 Å². The highest BCUT2D eigenvalue weighted by Gasteiger charge is 2.10. The molecule has 0 heterocycles. The fourth-order valence-electron chi connectivity index (χ4n) is 4.60. The Kier molecular flexibility index (Phi) is 35.1. The molecular weight excluding hydrogens is 526 g/mol. The number of rotatable bonds is 32. The summed E-state index contributed by atoms with van der Waals surface area (Å²) in [5.74, 6) is 0. The van der Waals surface area contributed by atoms with Crippen molar-refractivity contribution in [1.82, 2.24) is 4.90 Å². The van der Waals surface area contributed by atoms with Crippen LogP contribution in [0.5, 0.6) is 0 Å². The SMILES string of the molecule is CCCC/C=C\C/C=C\C/C=C\CCCCCOCC(CN(C)C)OCCCCC/C=C\C/C=C\C/C=C\CCCCC. The fourth-order valence-corrected chi connectivity index (χ4v) is 4.60. The fraction of sp³-hybridized carbons (Fsp3) is 0.700. The van der Waals surface area contributed by atoms with Crippen LogP contribution in [0.3, 0.4) is 0 Å². The Morgan fingerprint density at radius 1 is 0.465 bits per heavy atom. The lowest BCUT2D eigenvalue weighted by atomic mass is 10.2. The smallest absolute Gasteiger partial charge is 0.0934 e. The lowest BCUT2D eigenvalue weighted by Crippen LogP contribution is -2.32. The van der Waals surface area contributed by atoms with E-state index in [2.05, 4.69) is 106 Å². The van der Waals surface area contributed by atoms with Gasteiger partial charge in [0.2, 0.25) is 0 Å². The second kappa shape index (κ2) is 36.5. The van der Waals surface area contributed by atoms with Crippen LogP contribution in [0.15, 0.2) is 72.9 Å². The molecule has 0 bridgehead atoms. The maximum Gasteiger partial charge on any atom is 0.0934 e. The highest BCUT2D eigenvalue weighted by Crippen LogP contribution is 2.07. The van der Waals surface area contributed by atoms with Gasteiger partial charge in [0, 0.05) is 19.8 Å². The molecular formula is C40H71NO2. The Morgan fingerprint density at radius 3 is 1.35 bits per heavy atom. The molecule has 0 rings (SSSR count). The first-order chi connectivity index (χ1) is 21.2. The van der Waals surface area contributed by atoms with Gasteiger partial charge in [0.15, 0.2) is 0 Å². The molecule has 0 aromatic rings. The monoisotopic (exact) mass is 598 g/mol. The van der Waals surface area contributed by atoms with Crippen molar-refractivity contribution in [2.24, 2.45) is 0 Å². The van der Waals surface area contributed by atoms with E-state index < -0.39 is 0 Å². The van der Waals surface area contributed by atoms with E-state index in [-0.39, 0.29) is 6.10 Å². The molecule has 3 nitrogen and oxygen atoms in total. The van der Waals surface area contributed by atoms with E-state index in [1.54, 1.807) is 0 Å². The van der Waals surface area contributed by atoms with Gasteiger partial charge >= 0.3 is 0 Å². The van der Waals surface area contributed by atoms with Crippen molar-refractivity contribution in [1.29, 1.82) is 0 Å². The first kappa shape index (κ1) is 41.3. The second-order valence-corrected chi connectivity index (χ2v) is 11.9. The Bertz CT molecular complexity index is 716. The van der Waals surface area contributed by atoms with Gasteiger partial charge in [-0.15, -0.1) is 0 Å². The number of allylic oxidation sites excluding steroid dienone is 12. The molecule has 1 atom stereocenters. The van der Waals surface area contributed by atoms with Crippen LogP contribution in [-0.2, 0) is 9.47 Å². The van der Waals surface area contributed by atoms with Crippen molar-refractivity contribution in [2.45, 2.75) is 142 Å². The van der Waals surface area contributed by atoms with Gasteiger partial charge in [-0.05, 0) is 97.6 Å². The van der Waals surface area contributed by atoms with Crippen LogP contribution in [0.25, 0.3) is 0 Å². The van der Waals surface area contributed by atoms with Crippen molar-refractivity contribution in [2.75, 3.05) is 40.5 Å². The molecule has 0 aliphatic rings.